The monoisotopic (exact) mass is 829 g/mol. The summed E-state index contributed by atoms with van der Waals surface area (Å²) in [6, 6.07) is 0. The van der Waals surface area contributed by atoms with Gasteiger partial charge in [0.25, 0.3) is 0 Å². The number of rotatable bonds is 46. The number of unbranched alkanes of at least 4 members (excludes halogenated alkanes) is 29. The maximum Gasteiger partial charge on any atom is 0.306 e. The van der Waals surface area contributed by atoms with Crippen molar-refractivity contribution in [3.05, 3.63) is 36.5 Å². The Bertz CT molecular complexity index is 1000. The predicted octanol–water partition coefficient (Wildman–Crippen LogP) is 16.5. The number of ether oxygens (including phenoxy) is 3. The molecule has 6 nitrogen and oxygen atoms in total. The van der Waals surface area contributed by atoms with Gasteiger partial charge in [0.05, 0.1) is 0 Å². The molecule has 0 rings (SSSR count). The first-order valence-electron chi connectivity index (χ1n) is 25.5. The molecule has 6 heteroatoms. The molecule has 0 saturated carbocycles. The van der Waals surface area contributed by atoms with Crippen LogP contribution in [0.2, 0.25) is 0 Å². The molecule has 1 atom stereocenters. The van der Waals surface area contributed by atoms with E-state index in [2.05, 4.69) is 57.2 Å². The number of hydrogen-bond donors (Lipinski definition) is 0. The fourth-order valence-corrected chi connectivity index (χ4v) is 7.34. The molecule has 0 spiro atoms. The highest BCUT2D eigenvalue weighted by molar-refractivity contribution is 5.71. The third kappa shape index (κ3) is 46.5. The van der Waals surface area contributed by atoms with Crippen LogP contribution < -0.4 is 0 Å². The number of esters is 3. The van der Waals surface area contributed by atoms with Crippen molar-refractivity contribution >= 4 is 17.9 Å². The maximum absolute atomic E-state index is 12.8. The Morgan fingerprint density at radius 1 is 0.356 bits per heavy atom. The standard InChI is InChI=1S/C53H96O6/c1-4-7-10-13-16-19-22-25-27-29-31-34-37-40-43-46-52(55)58-49-50(48-57-51(54)45-42-39-36-33-30-24-21-18-15-12-9-6-3)59-53(56)47-44-41-38-35-32-28-26-23-20-17-14-11-8-5-2/h7,10,16,19,25,27,50H,4-6,8-9,11-15,17-18,20-24,26,28-49H2,1-3H3/b10-7-,19-16-,27-25-/t50-/m1/s1. The summed E-state index contributed by atoms with van der Waals surface area (Å²) >= 11 is 0. The van der Waals surface area contributed by atoms with E-state index in [1.54, 1.807) is 0 Å². The second-order valence-corrected chi connectivity index (χ2v) is 17.1. The molecule has 0 fully saturated rings. The minimum atomic E-state index is -0.773. The van der Waals surface area contributed by atoms with Gasteiger partial charge in [-0.25, -0.2) is 0 Å². The Labute approximate surface area is 365 Å². The number of hydrogen-bond acceptors (Lipinski definition) is 6. The van der Waals surface area contributed by atoms with Crippen LogP contribution in [0.1, 0.15) is 265 Å². The molecule has 0 aliphatic carbocycles. The molecule has 0 radical (unpaired) electrons. The third-order valence-corrected chi connectivity index (χ3v) is 11.2. The lowest BCUT2D eigenvalue weighted by atomic mass is 10.0. The Morgan fingerprint density at radius 3 is 1.03 bits per heavy atom. The molecular weight excluding hydrogens is 733 g/mol. The second-order valence-electron chi connectivity index (χ2n) is 17.1. The second kappa shape index (κ2) is 48.3. The van der Waals surface area contributed by atoms with Gasteiger partial charge in [0.15, 0.2) is 6.10 Å². The fraction of sp³-hybridized carbons (Fsp3) is 0.830. The summed E-state index contributed by atoms with van der Waals surface area (Å²) in [7, 11) is 0. The summed E-state index contributed by atoms with van der Waals surface area (Å²) in [5.41, 5.74) is 0. The Kier molecular flexibility index (Phi) is 46.4. The quantitative estimate of drug-likeness (QED) is 0.0263. The van der Waals surface area contributed by atoms with Crippen LogP contribution in [0, 0.1) is 0 Å². The summed E-state index contributed by atoms with van der Waals surface area (Å²) < 4.78 is 16.8. The van der Waals surface area contributed by atoms with Crippen LogP contribution in [-0.4, -0.2) is 37.2 Å². The molecule has 0 aromatic carbocycles. The zero-order chi connectivity index (χ0) is 43.0. The summed E-state index contributed by atoms with van der Waals surface area (Å²) in [6.07, 6.45) is 55.5. The smallest absolute Gasteiger partial charge is 0.306 e. The van der Waals surface area contributed by atoms with E-state index in [0.29, 0.717) is 19.3 Å². The molecular formula is C53H96O6. The van der Waals surface area contributed by atoms with Crippen molar-refractivity contribution in [3.8, 4) is 0 Å². The van der Waals surface area contributed by atoms with Crippen molar-refractivity contribution in [1.82, 2.24) is 0 Å². The molecule has 0 aromatic rings. The highest BCUT2D eigenvalue weighted by Gasteiger charge is 2.19. The average molecular weight is 829 g/mol. The summed E-state index contributed by atoms with van der Waals surface area (Å²) in [5.74, 6) is -0.880. The van der Waals surface area contributed by atoms with E-state index >= 15 is 0 Å². The van der Waals surface area contributed by atoms with Gasteiger partial charge >= 0.3 is 17.9 Å². The van der Waals surface area contributed by atoms with Crippen LogP contribution in [0.15, 0.2) is 36.5 Å². The molecule has 0 saturated heterocycles. The van der Waals surface area contributed by atoms with Gasteiger partial charge in [0.2, 0.25) is 0 Å². The molecule has 0 N–H and O–H groups in total. The van der Waals surface area contributed by atoms with Gasteiger partial charge in [-0.05, 0) is 51.4 Å². The molecule has 0 aliphatic heterocycles. The minimum absolute atomic E-state index is 0.0735. The van der Waals surface area contributed by atoms with Crippen LogP contribution in [-0.2, 0) is 28.6 Å². The van der Waals surface area contributed by atoms with E-state index in [9.17, 15) is 14.4 Å². The topological polar surface area (TPSA) is 78.9 Å². The van der Waals surface area contributed by atoms with E-state index in [0.717, 1.165) is 96.3 Å². The van der Waals surface area contributed by atoms with Gasteiger partial charge < -0.3 is 14.2 Å². The van der Waals surface area contributed by atoms with Gasteiger partial charge in [-0.15, -0.1) is 0 Å². The average Bonchev–Trinajstić information content (AvgIpc) is 3.23. The van der Waals surface area contributed by atoms with Crippen LogP contribution in [0.4, 0.5) is 0 Å². The van der Waals surface area contributed by atoms with Gasteiger partial charge in [-0.2, -0.15) is 0 Å². The van der Waals surface area contributed by atoms with E-state index in [1.165, 1.54) is 128 Å². The van der Waals surface area contributed by atoms with E-state index < -0.39 is 6.10 Å². The zero-order valence-electron chi connectivity index (χ0n) is 39.3. The van der Waals surface area contributed by atoms with Crippen molar-refractivity contribution in [2.24, 2.45) is 0 Å². The van der Waals surface area contributed by atoms with Gasteiger partial charge in [0, 0.05) is 19.3 Å². The summed E-state index contributed by atoms with van der Waals surface area (Å²) in [4.78, 5) is 37.9. The molecule has 0 amide bonds. The van der Waals surface area contributed by atoms with Crippen molar-refractivity contribution < 1.29 is 28.6 Å². The lowest BCUT2D eigenvalue weighted by molar-refractivity contribution is -0.167. The number of allylic oxidation sites excluding steroid dienone is 6. The highest BCUT2D eigenvalue weighted by atomic mass is 16.6. The summed E-state index contributed by atoms with van der Waals surface area (Å²) in [6.45, 7) is 6.53. The number of carbonyl (C=O) groups excluding carboxylic acids is 3. The van der Waals surface area contributed by atoms with Gasteiger partial charge in [0.1, 0.15) is 13.2 Å². The largest absolute Gasteiger partial charge is 0.462 e. The highest BCUT2D eigenvalue weighted by Crippen LogP contribution is 2.16. The summed E-state index contributed by atoms with van der Waals surface area (Å²) in [5, 5.41) is 0. The molecule has 59 heavy (non-hydrogen) atoms. The lowest BCUT2D eigenvalue weighted by Gasteiger charge is -2.18. The normalized spacial score (nSPS) is 12.3. The Morgan fingerprint density at radius 2 is 0.661 bits per heavy atom. The lowest BCUT2D eigenvalue weighted by Crippen LogP contribution is -2.30. The molecule has 0 aromatic heterocycles. The van der Waals surface area contributed by atoms with Gasteiger partial charge in [-0.3, -0.25) is 14.4 Å². The number of carbonyl (C=O) groups is 3. The van der Waals surface area contributed by atoms with Crippen LogP contribution in [0.25, 0.3) is 0 Å². The molecule has 0 aliphatic rings. The minimum Gasteiger partial charge on any atom is -0.462 e. The van der Waals surface area contributed by atoms with Crippen LogP contribution in [0.3, 0.4) is 0 Å². The third-order valence-electron chi connectivity index (χ3n) is 11.2. The van der Waals surface area contributed by atoms with Gasteiger partial charge in [-0.1, -0.05) is 231 Å². The first-order chi connectivity index (χ1) is 29.0. The Balaban J connectivity index is 4.37. The zero-order valence-corrected chi connectivity index (χ0v) is 39.3. The molecule has 0 heterocycles. The maximum atomic E-state index is 12.8. The first-order valence-corrected chi connectivity index (χ1v) is 25.5. The van der Waals surface area contributed by atoms with Crippen LogP contribution >= 0.6 is 0 Å². The van der Waals surface area contributed by atoms with Crippen molar-refractivity contribution in [2.75, 3.05) is 13.2 Å². The molecule has 0 unspecified atom stereocenters. The van der Waals surface area contributed by atoms with Crippen molar-refractivity contribution in [2.45, 2.75) is 271 Å². The van der Waals surface area contributed by atoms with Crippen molar-refractivity contribution in [1.29, 1.82) is 0 Å². The van der Waals surface area contributed by atoms with Crippen LogP contribution in [0.5, 0.6) is 0 Å². The van der Waals surface area contributed by atoms with E-state index in [4.69, 9.17) is 14.2 Å². The van der Waals surface area contributed by atoms with E-state index in [1.807, 2.05) is 0 Å². The predicted molar refractivity (Wildman–Crippen MR) is 252 cm³/mol. The van der Waals surface area contributed by atoms with E-state index in [-0.39, 0.29) is 31.1 Å². The Hall–Kier alpha value is -2.37. The molecule has 0 bridgehead atoms. The SMILES string of the molecule is CC/C=C\C/C=C\C/C=C\CCCCCCCC(=O)OC[C@@H](COC(=O)CCCCCCCCCCCCCC)OC(=O)CCCCCCCCCCCCCCCC. The molecule has 344 valence electrons. The fourth-order valence-electron chi connectivity index (χ4n) is 7.34. The van der Waals surface area contributed by atoms with Crippen molar-refractivity contribution in [3.63, 3.8) is 0 Å². The first kappa shape index (κ1) is 56.6.